The van der Waals surface area contributed by atoms with E-state index >= 15 is 0 Å². The Morgan fingerprint density at radius 2 is 2.16 bits per heavy atom. The number of phenolic OH excluding ortho intramolecular Hbond substituents is 1. The summed E-state index contributed by atoms with van der Waals surface area (Å²) in [6.07, 6.45) is 3.77. The number of pyridine rings is 1. The van der Waals surface area contributed by atoms with Gasteiger partial charge >= 0.3 is 0 Å². The number of nitrogens with zero attached hydrogens (tertiary/aromatic N) is 1. The molecule has 2 rings (SSSR count). The van der Waals surface area contributed by atoms with Gasteiger partial charge in [0, 0.05) is 31.3 Å². The van der Waals surface area contributed by atoms with Crippen molar-refractivity contribution in [3.63, 3.8) is 0 Å². The Kier molecular flexibility index (Phi) is 4.98. The van der Waals surface area contributed by atoms with Gasteiger partial charge in [-0.2, -0.15) is 0 Å². The van der Waals surface area contributed by atoms with Gasteiger partial charge in [0.1, 0.15) is 11.6 Å². The highest BCUT2D eigenvalue weighted by Gasteiger charge is 2.02. The number of anilines is 1. The first-order valence-electron chi connectivity index (χ1n) is 6.70. The van der Waals surface area contributed by atoms with Crippen LogP contribution >= 0.6 is 0 Å². The molecule has 19 heavy (non-hydrogen) atoms. The fraction of sp³-hybridized carbons (Fsp3) is 0.400. The van der Waals surface area contributed by atoms with Gasteiger partial charge in [-0.15, -0.1) is 0 Å². The van der Waals surface area contributed by atoms with Gasteiger partial charge in [-0.1, -0.05) is 13.0 Å². The molecule has 102 valence electrons. The van der Waals surface area contributed by atoms with Gasteiger partial charge in [0.25, 0.3) is 0 Å². The van der Waals surface area contributed by atoms with Crippen LogP contribution in [-0.2, 0) is 4.74 Å². The summed E-state index contributed by atoms with van der Waals surface area (Å²) in [6.45, 7) is 4.49. The lowest BCUT2D eigenvalue weighted by molar-refractivity contribution is 0.134. The van der Waals surface area contributed by atoms with E-state index < -0.39 is 0 Å². The monoisotopic (exact) mass is 260 g/mol. The largest absolute Gasteiger partial charge is 0.508 e. The average Bonchev–Trinajstić information content (AvgIpc) is 2.43. The third-order valence-corrected chi connectivity index (χ3v) is 2.86. The fourth-order valence-electron chi connectivity index (χ4n) is 1.92. The standard InChI is InChI=1S/C15H20N2O2/c1-2-9-19-10-3-7-16-15-14-11-13(18)5-4-12(14)6-8-17-15/h4-6,8,11,18H,2-3,7,9-10H2,1H3,(H,16,17). The van der Waals surface area contributed by atoms with E-state index in [1.807, 2.05) is 12.1 Å². The summed E-state index contributed by atoms with van der Waals surface area (Å²) in [4.78, 5) is 4.32. The molecule has 2 N–H and O–H groups in total. The van der Waals surface area contributed by atoms with Crippen molar-refractivity contribution in [2.45, 2.75) is 19.8 Å². The van der Waals surface area contributed by atoms with Crippen molar-refractivity contribution in [2.24, 2.45) is 0 Å². The minimum Gasteiger partial charge on any atom is -0.508 e. The Hall–Kier alpha value is -1.81. The lowest BCUT2D eigenvalue weighted by Crippen LogP contribution is -2.07. The molecule has 0 bridgehead atoms. The van der Waals surface area contributed by atoms with Crippen LogP contribution in [-0.4, -0.2) is 29.8 Å². The minimum absolute atomic E-state index is 0.259. The number of hydrogen-bond donors (Lipinski definition) is 2. The third kappa shape index (κ3) is 3.83. The maximum Gasteiger partial charge on any atom is 0.133 e. The Balaban J connectivity index is 1.95. The molecule has 0 saturated heterocycles. The molecule has 0 spiro atoms. The fourth-order valence-corrected chi connectivity index (χ4v) is 1.92. The Bertz CT molecular complexity index is 529. The van der Waals surface area contributed by atoms with Crippen LogP contribution in [0, 0.1) is 0 Å². The summed E-state index contributed by atoms with van der Waals surface area (Å²) in [5.41, 5.74) is 0. The molecule has 0 atom stereocenters. The predicted octanol–water partition coefficient (Wildman–Crippen LogP) is 3.17. The second-order valence-corrected chi connectivity index (χ2v) is 4.46. The highest BCUT2D eigenvalue weighted by molar-refractivity contribution is 5.92. The van der Waals surface area contributed by atoms with Gasteiger partial charge in [0.2, 0.25) is 0 Å². The Labute approximate surface area is 113 Å². The predicted molar refractivity (Wildman–Crippen MR) is 77.6 cm³/mol. The van der Waals surface area contributed by atoms with Crippen molar-refractivity contribution in [1.82, 2.24) is 4.98 Å². The maximum absolute atomic E-state index is 9.55. The zero-order chi connectivity index (χ0) is 13.5. The van der Waals surface area contributed by atoms with Crippen LogP contribution in [0.5, 0.6) is 5.75 Å². The number of benzene rings is 1. The lowest BCUT2D eigenvalue weighted by atomic mass is 10.1. The number of rotatable bonds is 7. The molecule has 0 radical (unpaired) electrons. The summed E-state index contributed by atoms with van der Waals surface area (Å²) in [7, 11) is 0. The molecule has 4 heteroatoms. The van der Waals surface area contributed by atoms with Crippen molar-refractivity contribution >= 4 is 16.6 Å². The number of ether oxygens (including phenoxy) is 1. The van der Waals surface area contributed by atoms with E-state index in [4.69, 9.17) is 4.74 Å². The molecule has 4 nitrogen and oxygen atoms in total. The molecule has 0 aliphatic carbocycles. The molecule has 2 aromatic rings. The van der Waals surface area contributed by atoms with E-state index in [1.165, 1.54) is 0 Å². The average molecular weight is 260 g/mol. The van der Waals surface area contributed by atoms with Crippen LogP contribution in [0.25, 0.3) is 10.8 Å². The van der Waals surface area contributed by atoms with E-state index in [2.05, 4.69) is 17.2 Å². The van der Waals surface area contributed by atoms with E-state index in [-0.39, 0.29) is 5.75 Å². The molecule has 0 fully saturated rings. The van der Waals surface area contributed by atoms with Crippen molar-refractivity contribution in [2.75, 3.05) is 25.1 Å². The Morgan fingerprint density at radius 1 is 1.26 bits per heavy atom. The second-order valence-electron chi connectivity index (χ2n) is 4.46. The van der Waals surface area contributed by atoms with E-state index in [1.54, 1.807) is 18.3 Å². The van der Waals surface area contributed by atoms with Crippen molar-refractivity contribution < 1.29 is 9.84 Å². The first-order valence-corrected chi connectivity index (χ1v) is 6.70. The van der Waals surface area contributed by atoms with Crippen LogP contribution in [0.15, 0.2) is 30.5 Å². The second kappa shape index (κ2) is 6.95. The lowest BCUT2D eigenvalue weighted by Gasteiger charge is -2.09. The van der Waals surface area contributed by atoms with E-state index in [0.717, 1.165) is 49.2 Å². The zero-order valence-electron chi connectivity index (χ0n) is 11.2. The summed E-state index contributed by atoms with van der Waals surface area (Å²) in [5, 5.41) is 14.8. The highest BCUT2D eigenvalue weighted by Crippen LogP contribution is 2.24. The van der Waals surface area contributed by atoms with Gasteiger partial charge < -0.3 is 15.2 Å². The molecule has 0 unspecified atom stereocenters. The number of aromatic hydroxyl groups is 1. The number of aromatic nitrogens is 1. The van der Waals surface area contributed by atoms with E-state index in [0.29, 0.717) is 0 Å². The highest BCUT2D eigenvalue weighted by atomic mass is 16.5. The molecule has 0 aliphatic heterocycles. The number of phenols is 1. The molecule has 1 aromatic heterocycles. The number of fused-ring (bicyclic) bond motifs is 1. The van der Waals surface area contributed by atoms with Crippen LogP contribution in [0.2, 0.25) is 0 Å². The normalized spacial score (nSPS) is 10.8. The molecule has 1 heterocycles. The molecule has 1 aromatic carbocycles. The Morgan fingerprint density at radius 3 is 3.00 bits per heavy atom. The number of hydrogen-bond acceptors (Lipinski definition) is 4. The summed E-state index contributed by atoms with van der Waals surface area (Å²) in [6, 6.07) is 7.25. The van der Waals surface area contributed by atoms with Gasteiger partial charge in [0.15, 0.2) is 0 Å². The maximum atomic E-state index is 9.55. The smallest absolute Gasteiger partial charge is 0.133 e. The van der Waals surface area contributed by atoms with Crippen LogP contribution < -0.4 is 5.32 Å². The summed E-state index contributed by atoms with van der Waals surface area (Å²) in [5.74, 6) is 1.07. The molecular formula is C15H20N2O2. The topological polar surface area (TPSA) is 54.4 Å². The number of nitrogens with one attached hydrogen (secondary N) is 1. The van der Waals surface area contributed by atoms with Crippen molar-refractivity contribution in [3.8, 4) is 5.75 Å². The van der Waals surface area contributed by atoms with Gasteiger partial charge in [0.05, 0.1) is 0 Å². The summed E-state index contributed by atoms with van der Waals surface area (Å²) < 4.78 is 5.43. The zero-order valence-corrected chi connectivity index (χ0v) is 11.2. The van der Waals surface area contributed by atoms with Crippen molar-refractivity contribution in [3.05, 3.63) is 30.5 Å². The first kappa shape index (κ1) is 13.6. The molecule has 0 aliphatic rings. The minimum atomic E-state index is 0.259. The van der Waals surface area contributed by atoms with Gasteiger partial charge in [-0.3, -0.25) is 0 Å². The van der Waals surface area contributed by atoms with Crippen molar-refractivity contribution in [1.29, 1.82) is 0 Å². The first-order chi connectivity index (χ1) is 9.31. The molecule has 0 amide bonds. The van der Waals surface area contributed by atoms with Crippen LogP contribution in [0.1, 0.15) is 19.8 Å². The summed E-state index contributed by atoms with van der Waals surface area (Å²) >= 11 is 0. The molecule has 0 saturated carbocycles. The van der Waals surface area contributed by atoms with Gasteiger partial charge in [-0.05, 0) is 36.4 Å². The van der Waals surface area contributed by atoms with Gasteiger partial charge in [-0.25, -0.2) is 4.98 Å². The van der Waals surface area contributed by atoms with E-state index in [9.17, 15) is 5.11 Å². The van der Waals surface area contributed by atoms with Crippen LogP contribution in [0.3, 0.4) is 0 Å². The molecular weight excluding hydrogens is 240 g/mol. The quantitative estimate of drug-likeness (QED) is 0.751. The van der Waals surface area contributed by atoms with Crippen LogP contribution in [0.4, 0.5) is 5.82 Å². The third-order valence-electron chi connectivity index (χ3n) is 2.86. The SMILES string of the molecule is CCCOCCCNc1nccc2ccc(O)cc12.